The fraction of sp³-hybridized carbons (Fsp3) is 0.667. The number of hydrogen-bond acceptors (Lipinski definition) is 9. The summed E-state index contributed by atoms with van der Waals surface area (Å²) >= 11 is 4.06. The van der Waals surface area contributed by atoms with Crippen molar-refractivity contribution in [2.45, 2.75) is 43.0 Å². The summed E-state index contributed by atoms with van der Waals surface area (Å²) in [5, 5.41) is -0.447. The smallest absolute Gasteiger partial charge is 0.316 e. The summed E-state index contributed by atoms with van der Waals surface area (Å²) in [5.41, 5.74) is -1.49. The lowest BCUT2D eigenvalue weighted by Gasteiger charge is -2.49. The van der Waals surface area contributed by atoms with Gasteiger partial charge in [-0.15, -0.1) is 11.8 Å². The lowest BCUT2D eigenvalue weighted by atomic mass is 9.89. The van der Waals surface area contributed by atoms with Gasteiger partial charge < -0.3 is 9.64 Å². The van der Waals surface area contributed by atoms with Crippen LogP contribution in [0.15, 0.2) is 4.34 Å². The van der Waals surface area contributed by atoms with Crippen LogP contribution in [0.2, 0.25) is 0 Å². The van der Waals surface area contributed by atoms with Crippen LogP contribution in [0, 0.1) is 12.3 Å². The monoisotopic (exact) mass is 401 g/mol. The number of esters is 1. The van der Waals surface area contributed by atoms with Crippen LogP contribution in [0.25, 0.3) is 0 Å². The van der Waals surface area contributed by atoms with E-state index in [0.29, 0.717) is 17.3 Å². The molecule has 136 valence electrons. The van der Waals surface area contributed by atoms with Crippen LogP contribution in [-0.2, 0) is 19.1 Å². The number of aryl methyl sites for hydroxylation is 1. The molecule has 2 aliphatic heterocycles. The van der Waals surface area contributed by atoms with Crippen LogP contribution in [-0.4, -0.2) is 60.9 Å². The zero-order chi connectivity index (χ0) is 18.4. The molecule has 2 atom stereocenters. The number of carbonyl (C=O) groups is 3. The van der Waals surface area contributed by atoms with Crippen molar-refractivity contribution in [1.82, 2.24) is 14.3 Å². The predicted molar refractivity (Wildman–Crippen MR) is 96.6 cm³/mol. The molecule has 1 aromatic heterocycles. The first-order valence-electron chi connectivity index (χ1n) is 7.74. The third-order valence-electron chi connectivity index (χ3n) is 3.78. The van der Waals surface area contributed by atoms with Gasteiger partial charge in [0.25, 0.3) is 11.7 Å². The van der Waals surface area contributed by atoms with E-state index in [1.165, 1.54) is 40.0 Å². The van der Waals surface area contributed by atoms with E-state index in [0.717, 1.165) is 4.34 Å². The molecule has 1 amide bonds. The van der Waals surface area contributed by atoms with Gasteiger partial charge in [0.2, 0.25) is 0 Å². The fourth-order valence-corrected chi connectivity index (χ4v) is 5.90. The summed E-state index contributed by atoms with van der Waals surface area (Å²) in [5.74, 6) is 0.325. The Balaban J connectivity index is 1.79. The Morgan fingerprint density at radius 2 is 2.16 bits per heavy atom. The number of Topliss-reactive ketones (excluding diaryl/α,β-unsaturated/α-hetero) is 1. The van der Waals surface area contributed by atoms with E-state index in [1.54, 1.807) is 0 Å². The van der Waals surface area contributed by atoms with Crippen LogP contribution >= 0.6 is 35.1 Å². The Morgan fingerprint density at radius 1 is 1.44 bits per heavy atom. The molecule has 0 aromatic carbocycles. The molecule has 1 aromatic rings. The number of rotatable bonds is 4. The highest BCUT2D eigenvalue weighted by Crippen LogP contribution is 2.44. The molecule has 0 N–H and O–H groups in total. The molecule has 2 aliphatic rings. The van der Waals surface area contributed by atoms with Crippen LogP contribution in [0.5, 0.6) is 0 Å². The fourth-order valence-electron chi connectivity index (χ4n) is 2.55. The number of nitrogens with zero attached hydrogens (tertiary/aromatic N) is 3. The van der Waals surface area contributed by atoms with Gasteiger partial charge >= 0.3 is 5.97 Å². The normalized spacial score (nSPS) is 26.2. The van der Waals surface area contributed by atoms with Gasteiger partial charge in [0.05, 0.1) is 0 Å². The van der Waals surface area contributed by atoms with Gasteiger partial charge in [0, 0.05) is 18.1 Å². The van der Waals surface area contributed by atoms with Gasteiger partial charge in [-0.25, -0.2) is 4.98 Å². The zero-order valence-electron chi connectivity index (χ0n) is 14.4. The highest BCUT2D eigenvalue weighted by atomic mass is 32.2. The molecule has 25 heavy (non-hydrogen) atoms. The summed E-state index contributed by atoms with van der Waals surface area (Å²) < 4.78 is 10.5. The van der Waals surface area contributed by atoms with E-state index in [-0.39, 0.29) is 18.3 Å². The molecular weight excluding hydrogens is 382 g/mol. The van der Waals surface area contributed by atoms with E-state index in [9.17, 15) is 14.4 Å². The molecule has 10 heteroatoms. The molecule has 1 unspecified atom stereocenters. The average molecular weight is 402 g/mol. The van der Waals surface area contributed by atoms with Crippen molar-refractivity contribution in [3.8, 4) is 0 Å². The minimum Gasteiger partial charge on any atom is -0.459 e. The van der Waals surface area contributed by atoms with Gasteiger partial charge in [-0.3, -0.25) is 14.4 Å². The van der Waals surface area contributed by atoms with Gasteiger partial charge in [0.15, 0.2) is 4.34 Å². The maximum absolute atomic E-state index is 12.9. The second-order valence-corrected chi connectivity index (χ2v) is 10.2. The number of thioether (sulfide) groups is 2. The molecule has 2 saturated heterocycles. The Morgan fingerprint density at radius 3 is 2.76 bits per heavy atom. The number of aromatic nitrogens is 2. The molecule has 0 spiro atoms. The second-order valence-electron chi connectivity index (χ2n) is 7.14. The highest BCUT2D eigenvalue weighted by molar-refractivity contribution is 8.02. The minimum atomic E-state index is -0.866. The quantitative estimate of drug-likeness (QED) is 0.326. The van der Waals surface area contributed by atoms with Crippen LogP contribution in [0.1, 0.15) is 26.6 Å². The summed E-state index contributed by atoms with van der Waals surface area (Å²) in [6, 6.07) is 0. The number of hydrogen-bond donors (Lipinski definition) is 0. The molecule has 0 radical (unpaired) electrons. The predicted octanol–water partition coefficient (Wildman–Crippen LogP) is 1.75. The Hall–Kier alpha value is -1.13. The van der Waals surface area contributed by atoms with E-state index in [1.807, 2.05) is 27.7 Å². The van der Waals surface area contributed by atoms with Crippen molar-refractivity contribution in [1.29, 1.82) is 0 Å². The maximum Gasteiger partial charge on any atom is 0.316 e. The van der Waals surface area contributed by atoms with Crippen molar-refractivity contribution < 1.29 is 19.1 Å². The van der Waals surface area contributed by atoms with E-state index < -0.39 is 22.3 Å². The summed E-state index contributed by atoms with van der Waals surface area (Å²) in [4.78, 5) is 42.2. The standard InChI is InChI=1S/C15H19N3O4S3/c1-8-16-13(25-17-8)24-7-15(12(21)22-14(2,3)4)5-18-10(20)9(19)11(18)23-6-15/h11H,5-7H2,1-4H3/t11-,15?/m1/s1. The van der Waals surface area contributed by atoms with Crippen LogP contribution in [0.3, 0.4) is 0 Å². The number of fused-ring (bicyclic) bond motifs is 1. The largest absolute Gasteiger partial charge is 0.459 e. The lowest BCUT2D eigenvalue weighted by Crippen LogP contribution is -2.68. The topological polar surface area (TPSA) is 89.5 Å². The molecule has 3 rings (SSSR count). The van der Waals surface area contributed by atoms with Gasteiger partial charge in [-0.2, -0.15) is 4.37 Å². The van der Waals surface area contributed by atoms with E-state index in [4.69, 9.17) is 4.74 Å². The molecule has 0 aliphatic carbocycles. The first-order chi connectivity index (χ1) is 11.6. The maximum atomic E-state index is 12.9. The first-order valence-corrected chi connectivity index (χ1v) is 10.6. The Labute approximate surface area is 158 Å². The number of ketones is 1. The number of amides is 1. The Kier molecular flexibility index (Phi) is 4.89. The summed E-state index contributed by atoms with van der Waals surface area (Å²) in [7, 11) is 0. The van der Waals surface area contributed by atoms with Gasteiger partial charge in [-0.05, 0) is 39.2 Å². The zero-order valence-corrected chi connectivity index (χ0v) is 16.8. The highest BCUT2D eigenvalue weighted by Gasteiger charge is 2.57. The molecule has 0 bridgehead atoms. The van der Waals surface area contributed by atoms with Crippen molar-refractivity contribution in [2.24, 2.45) is 5.41 Å². The van der Waals surface area contributed by atoms with Crippen LogP contribution in [0.4, 0.5) is 0 Å². The van der Waals surface area contributed by atoms with Crippen molar-refractivity contribution in [2.75, 3.05) is 18.1 Å². The van der Waals surface area contributed by atoms with E-state index >= 15 is 0 Å². The average Bonchev–Trinajstić information content (AvgIpc) is 2.95. The Bertz CT molecular complexity index is 730. The van der Waals surface area contributed by atoms with Crippen molar-refractivity contribution in [3.63, 3.8) is 0 Å². The summed E-state index contributed by atoms with van der Waals surface area (Å²) in [6.45, 7) is 7.47. The summed E-state index contributed by atoms with van der Waals surface area (Å²) in [6.07, 6.45) is 0. The SMILES string of the molecule is Cc1nsc(SCC2(C(=O)OC(C)(C)C)CS[C@@H]3C(=O)C(=O)N3C2)n1. The number of β-lactam (4-membered cyclic amide) rings is 1. The second kappa shape index (κ2) is 6.55. The third-order valence-corrected chi connectivity index (χ3v) is 7.50. The minimum absolute atomic E-state index is 0.203. The van der Waals surface area contributed by atoms with Crippen LogP contribution < -0.4 is 0 Å². The van der Waals surface area contributed by atoms with Crippen molar-refractivity contribution >= 4 is 52.7 Å². The van der Waals surface area contributed by atoms with E-state index in [2.05, 4.69) is 9.36 Å². The molecule has 3 heterocycles. The van der Waals surface area contributed by atoms with Gasteiger partial charge in [0.1, 0.15) is 22.2 Å². The lowest BCUT2D eigenvalue weighted by molar-refractivity contribution is -0.171. The first kappa shape index (κ1) is 18.7. The third kappa shape index (κ3) is 3.70. The molecule has 2 fully saturated rings. The number of ether oxygens (including phenoxy) is 1. The molecular formula is C15H19N3O4S3. The molecule has 7 nitrogen and oxygen atoms in total. The number of carbonyl (C=O) groups excluding carboxylic acids is 3. The van der Waals surface area contributed by atoms with Crippen molar-refractivity contribution in [3.05, 3.63) is 5.82 Å². The van der Waals surface area contributed by atoms with Gasteiger partial charge in [-0.1, -0.05) is 11.8 Å². The molecule has 0 saturated carbocycles.